The molecule has 0 amide bonds. The largest absolute Gasteiger partial charge is 0.306 e. The molecule has 0 aliphatic carbocycles. The molecule has 1 nitrogen and oxygen atoms in total. The van der Waals surface area contributed by atoms with Crippen LogP contribution in [0.15, 0.2) is 36.4 Å². The Labute approximate surface area is 127 Å². The minimum atomic E-state index is -0.148. The summed E-state index contributed by atoms with van der Waals surface area (Å²) >= 11 is 0. The summed E-state index contributed by atoms with van der Waals surface area (Å²) in [5.74, 6) is -0.148. The molecule has 2 aromatic carbocycles. The van der Waals surface area contributed by atoms with Gasteiger partial charge in [0, 0.05) is 5.56 Å². The standard InChI is InChI=1S/C19H24FN/c1-5-10-21-19(16-8-6-7-9-17(16)20)18-14(3)11-13(2)12-15(18)4/h6-9,11-12,19,21H,5,10H2,1-4H3. The van der Waals surface area contributed by atoms with Crippen molar-refractivity contribution in [3.63, 3.8) is 0 Å². The smallest absolute Gasteiger partial charge is 0.128 e. The number of hydrogen-bond acceptors (Lipinski definition) is 1. The van der Waals surface area contributed by atoms with Gasteiger partial charge in [-0.1, -0.05) is 42.8 Å². The van der Waals surface area contributed by atoms with E-state index in [2.05, 4.69) is 45.1 Å². The van der Waals surface area contributed by atoms with Gasteiger partial charge in [0.1, 0.15) is 5.82 Å². The Hall–Kier alpha value is -1.67. The maximum absolute atomic E-state index is 14.3. The van der Waals surface area contributed by atoms with Crippen LogP contribution >= 0.6 is 0 Å². The zero-order valence-electron chi connectivity index (χ0n) is 13.3. The molecule has 0 heterocycles. The number of nitrogens with one attached hydrogen (secondary N) is 1. The van der Waals surface area contributed by atoms with Crippen LogP contribution in [0.1, 0.15) is 47.2 Å². The average molecular weight is 285 g/mol. The zero-order chi connectivity index (χ0) is 15.4. The molecule has 0 bridgehead atoms. The van der Waals surface area contributed by atoms with Gasteiger partial charge in [-0.2, -0.15) is 0 Å². The van der Waals surface area contributed by atoms with Crippen molar-refractivity contribution < 1.29 is 4.39 Å². The number of rotatable bonds is 5. The fourth-order valence-electron chi connectivity index (χ4n) is 3.01. The second-order valence-electron chi connectivity index (χ2n) is 5.72. The van der Waals surface area contributed by atoms with Crippen molar-refractivity contribution in [2.24, 2.45) is 0 Å². The fourth-order valence-corrected chi connectivity index (χ4v) is 3.01. The summed E-state index contributed by atoms with van der Waals surface area (Å²) < 4.78 is 14.3. The van der Waals surface area contributed by atoms with E-state index in [0.717, 1.165) is 18.5 Å². The Balaban J connectivity index is 2.54. The van der Waals surface area contributed by atoms with Crippen molar-refractivity contribution in [3.05, 3.63) is 70.0 Å². The quantitative estimate of drug-likeness (QED) is 0.829. The second kappa shape index (κ2) is 6.86. The highest BCUT2D eigenvalue weighted by atomic mass is 19.1. The van der Waals surface area contributed by atoms with Crippen molar-refractivity contribution in [3.8, 4) is 0 Å². The molecule has 1 N–H and O–H groups in total. The molecule has 1 atom stereocenters. The van der Waals surface area contributed by atoms with Gasteiger partial charge in [0.05, 0.1) is 6.04 Å². The van der Waals surface area contributed by atoms with E-state index in [1.54, 1.807) is 6.07 Å². The van der Waals surface area contributed by atoms with Crippen LogP contribution in [0.3, 0.4) is 0 Å². The lowest BCUT2D eigenvalue weighted by atomic mass is 9.89. The van der Waals surface area contributed by atoms with Gasteiger partial charge < -0.3 is 5.32 Å². The van der Waals surface area contributed by atoms with Crippen LogP contribution in [0.4, 0.5) is 4.39 Å². The van der Waals surface area contributed by atoms with Crippen LogP contribution in [0.25, 0.3) is 0 Å². The highest BCUT2D eigenvalue weighted by Gasteiger charge is 2.20. The van der Waals surface area contributed by atoms with Gasteiger partial charge in [-0.15, -0.1) is 0 Å². The minimum absolute atomic E-state index is 0.0910. The van der Waals surface area contributed by atoms with E-state index in [1.165, 1.54) is 28.3 Å². The second-order valence-corrected chi connectivity index (χ2v) is 5.72. The van der Waals surface area contributed by atoms with Crippen molar-refractivity contribution in [2.45, 2.75) is 40.2 Å². The summed E-state index contributed by atoms with van der Waals surface area (Å²) in [6, 6.07) is 11.3. The molecule has 1 unspecified atom stereocenters. The molecule has 2 heteroatoms. The van der Waals surface area contributed by atoms with E-state index < -0.39 is 0 Å². The van der Waals surface area contributed by atoms with E-state index in [9.17, 15) is 4.39 Å². The van der Waals surface area contributed by atoms with Crippen molar-refractivity contribution in [2.75, 3.05) is 6.54 Å². The van der Waals surface area contributed by atoms with E-state index >= 15 is 0 Å². The van der Waals surface area contributed by atoms with Crippen molar-refractivity contribution >= 4 is 0 Å². The van der Waals surface area contributed by atoms with Crippen LogP contribution < -0.4 is 5.32 Å². The van der Waals surface area contributed by atoms with Crippen LogP contribution in [0.5, 0.6) is 0 Å². The number of halogens is 1. The van der Waals surface area contributed by atoms with Crippen molar-refractivity contribution in [1.29, 1.82) is 0 Å². The summed E-state index contributed by atoms with van der Waals surface area (Å²) in [6.07, 6.45) is 1.02. The van der Waals surface area contributed by atoms with E-state index in [1.807, 2.05) is 12.1 Å². The van der Waals surface area contributed by atoms with Crippen LogP contribution in [-0.2, 0) is 0 Å². The molecule has 2 rings (SSSR count). The Bertz CT molecular complexity index is 596. The summed E-state index contributed by atoms with van der Waals surface area (Å²) in [7, 11) is 0. The monoisotopic (exact) mass is 285 g/mol. The summed E-state index contributed by atoms with van der Waals surface area (Å²) in [4.78, 5) is 0. The number of hydrogen-bond donors (Lipinski definition) is 1. The molecule has 0 radical (unpaired) electrons. The van der Waals surface area contributed by atoms with Gasteiger partial charge in [-0.05, 0) is 56.5 Å². The highest BCUT2D eigenvalue weighted by molar-refractivity contribution is 5.44. The molecule has 112 valence electrons. The van der Waals surface area contributed by atoms with E-state index in [0.29, 0.717) is 0 Å². The summed E-state index contributed by atoms with van der Waals surface area (Å²) in [6.45, 7) is 9.31. The lowest BCUT2D eigenvalue weighted by Crippen LogP contribution is -2.25. The molecule has 0 spiro atoms. The Kier molecular flexibility index (Phi) is 5.13. The molecule has 2 aromatic rings. The highest BCUT2D eigenvalue weighted by Crippen LogP contribution is 2.30. The van der Waals surface area contributed by atoms with Gasteiger partial charge in [-0.25, -0.2) is 4.39 Å². The zero-order valence-corrected chi connectivity index (χ0v) is 13.3. The van der Waals surface area contributed by atoms with Gasteiger partial charge >= 0.3 is 0 Å². The Morgan fingerprint density at radius 2 is 1.67 bits per heavy atom. The number of aryl methyl sites for hydroxylation is 3. The molecular formula is C19H24FN. The van der Waals surface area contributed by atoms with Crippen molar-refractivity contribution in [1.82, 2.24) is 5.32 Å². The Morgan fingerprint density at radius 1 is 1.05 bits per heavy atom. The SMILES string of the molecule is CCCNC(c1ccccc1F)c1c(C)cc(C)cc1C. The van der Waals surface area contributed by atoms with Crippen LogP contribution in [0.2, 0.25) is 0 Å². The summed E-state index contributed by atoms with van der Waals surface area (Å²) in [5, 5.41) is 3.50. The number of benzene rings is 2. The molecule has 21 heavy (non-hydrogen) atoms. The predicted molar refractivity (Wildman–Crippen MR) is 87.2 cm³/mol. The fraction of sp³-hybridized carbons (Fsp3) is 0.368. The maximum Gasteiger partial charge on any atom is 0.128 e. The first-order valence-electron chi connectivity index (χ1n) is 7.60. The maximum atomic E-state index is 14.3. The first-order chi connectivity index (χ1) is 10.0. The molecule has 0 aromatic heterocycles. The van der Waals surface area contributed by atoms with Gasteiger partial charge in [0.15, 0.2) is 0 Å². The first-order valence-corrected chi connectivity index (χ1v) is 7.60. The minimum Gasteiger partial charge on any atom is -0.306 e. The molecule has 0 saturated carbocycles. The molecule has 0 saturated heterocycles. The van der Waals surface area contributed by atoms with Gasteiger partial charge in [0.2, 0.25) is 0 Å². The third-order valence-electron chi connectivity index (χ3n) is 3.84. The molecule has 0 aliphatic heterocycles. The average Bonchev–Trinajstić information content (AvgIpc) is 2.42. The molecule has 0 fully saturated rings. The molecule has 0 aliphatic rings. The summed E-state index contributed by atoms with van der Waals surface area (Å²) in [5.41, 5.74) is 5.59. The topological polar surface area (TPSA) is 12.0 Å². The normalized spacial score (nSPS) is 12.4. The predicted octanol–water partition coefficient (Wildman–Crippen LogP) is 4.84. The lowest BCUT2D eigenvalue weighted by molar-refractivity contribution is 0.544. The van der Waals surface area contributed by atoms with Crippen LogP contribution in [-0.4, -0.2) is 6.54 Å². The third-order valence-corrected chi connectivity index (χ3v) is 3.84. The lowest BCUT2D eigenvalue weighted by Gasteiger charge is -2.24. The Morgan fingerprint density at radius 3 is 2.24 bits per heavy atom. The molecular weight excluding hydrogens is 261 g/mol. The van der Waals surface area contributed by atoms with Gasteiger partial charge in [-0.3, -0.25) is 0 Å². The van der Waals surface area contributed by atoms with E-state index in [4.69, 9.17) is 0 Å². The van der Waals surface area contributed by atoms with Crippen LogP contribution in [0, 0.1) is 26.6 Å². The third kappa shape index (κ3) is 3.51. The van der Waals surface area contributed by atoms with E-state index in [-0.39, 0.29) is 11.9 Å². The first kappa shape index (κ1) is 15.7. The van der Waals surface area contributed by atoms with Gasteiger partial charge in [0.25, 0.3) is 0 Å².